The minimum absolute atomic E-state index is 0.0601. The van der Waals surface area contributed by atoms with Gasteiger partial charge >= 0.3 is 0 Å². The molecular formula is C26H27ClN4O3S2. The number of amides is 2. The van der Waals surface area contributed by atoms with Crippen molar-refractivity contribution < 1.29 is 14.3 Å². The van der Waals surface area contributed by atoms with E-state index in [1.165, 1.54) is 11.3 Å². The maximum absolute atomic E-state index is 12.6. The highest BCUT2D eigenvalue weighted by Gasteiger charge is 2.24. The first-order valence-electron chi connectivity index (χ1n) is 11.6. The van der Waals surface area contributed by atoms with Crippen molar-refractivity contribution in [2.45, 2.75) is 20.0 Å². The molecule has 2 heterocycles. The number of benzene rings is 2. The summed E-state index contributed by atoms with van der Waals surface area (Å²) in [4.78, 5) is 29.9. The van der Waals surface area contributed by atoms with E-state index in [2.05, 4.69) is 15.5 Å². The zero-order chi connectivity index (χ0) is 25.7. The van der Waals surface area contributed by atoms with Gasteiger partial charge in [0.15, 0.2) is 5.11 Å². The fraction of sp³-hybridized carbons (Fsp3) is 0.269. The summed E-state index contributed by atoms with van der Waals surface area (Å²) >= 11 is 13.3. The maximum Gasteiger partial charge on any atom is 0.264 e. The van der Waals surface area contributed by atoms with E-state index in [1.807, 2.05) is 48.4 Å². The zero-order valence-corrected chi connectivity index (χ0v) is 22.4. The van der Waals surface area contributed by atoms with Gasteiger partial charge < -0.3 is 19.9 Å². The summed E-state index contributed by atoms with van der Waals surface area (Å²) in [7, 11) is 0. The monoisotopic (exact) mass is 542 g/mol. The molecule has 1 aliphatic heterocycles. The van der Waals surface area contributed by atoms with Crippen LogP contribution in [0.5, 0.6) is 5.75 Å². The molecule has 0 radical (unpaired) electrons. The van der Waals surface area contributed by atoms with Crippen LogP contribution < -0.4 is 20.3 Å². The minimum Gasteiger partial charge on any atom is -0.491 e. The van der Waals surface area contributed by atoms with E-state index in [0.29, 0.717) is 48.2 Å². The number of thiocarbonyl (C=S) groups is 1. The highest BCUT2D eigenvalue weighted by molar-refractivity contribution is 7.80. The lowest BCUT2D eigenvalue weighted by Crippen LogP contribution is -2.48. The molecule has 0 saturated carbocycles. The van der Waals surface area contributed by atoms with E-state index >= 15 is 0 Å². The molecule has 2 amide bonds. The topological polar surface area (TPSA) is 73.9 Å². The Labute approximate surface area is 225 Å². The molecule has 1 aromatic heterocycles. The first-order chi connectivity index (χ1) is 17.3. The Morgan fingerprint density at radius 3 is 2.39 bits per heavy atom. The normalized spacial score (nSPS) is 13.4. The van der Waals surface area contributed by atoms with Crippen molar-refractivity contribution in [1.29, 1.82) is 0 Å². The second-order valence-corrected chi connectivity index (χ2v) is 10.3. The lowest BCUT2D eigenvalue weighted by molar-refractivity contribution is 0.0751. The highest BCUT2D eigenvalue weighted by atomic mass is 35.5. The summed E-state index contributed by atoms with van der Waals surface area (Å²) in [5.41, 5.74) is 2.03. The van der Waals surface area contributed by atoms with Gasteiger partial charge in [0.1, 0.15) is 5.75 Å². The molecular weight excluding hydrogens is 516 g/mol. The number of piperazine rings is 1. The van der Waals surface area contributed by atoms with Crippen LogP contribution >= 0.6 is 35.2 Å². The Morgan fingerprint density at radius 2 is 1.78 bits per heavy atom. The molecule has 3 aromatic rings. The maximum atomic E-state index is 12.6. The van der Waals surface area contributed by atoms with Crippen LogP contribution in [0, 0.1) is 0 Å². The van der Waals surface area contributed by atoms with Crippen molar-refractivity contribution in [3.8, 4) is 5.75 Å². The highest BCUT2D eigenvalue weighted by Crippen LogP contribution is 2.30. The van der Waals surface area contributed by atoms with Crippen LogP contribution in [0.4, 0.5) is 11.4 Å². The summed E-state index contributed by atoms with van der Waals surface area (Å²) in [6, 6.07) is 16.2. The predicted molar refractivity (Wildman–Crippen MR) is 150 cm³/mol. The lowest BCUT2D eigenvalue weighted by atomic mass is 10.2. The van der Waals surface area contributed by atoms with Gasteiger partial charge in [-0.25, -0.2) is 0 Å². The van der Waals surface area contributed by atoms with E-state index in [0.717, 1.165) is 10.6 Å². The van der Waals surface area contributed by atoms with E-state index in [-0.39, 0.29) is 23.0 Å². The minimum atomic E-state index is -0.318. The number of carbonyl (C=O) groups is 2. The van der Waals surface area contributed by atoms with Gasteiger partial charge in [0.25, 0.3) is 11.8 Å². The predicted octanol–water partition coefficient (Wildman–Crippen LogP) is 5.28. The third-order valence-corrected chi connectivity index (χ3v) is 6.93. The average molecular weight is 543 g/mol. The van der Waals surface area contributed by atoms with Gasteiger partial charge in [-0.05, 0) is 80.0 Å². The molecule has 7 nitrogen and oxygen atoms in total. The Balaban J connectivity index is 1.30. The Kier molecular flexibility index (Phi) is 8.45. The number of hydrogen-bond donors (Lipinski definition) is 2. The van der Waals surface area contributed by atoms with Crippen molar-refractivity contribution in [2.75, 3.05) is 36.4 Å². The fourth-order valence-electron chi connectivity index (χ4n) is 3.84. The van der Waals surface area contributed by atoms with Crippen molar-refractivity contribution in [2.24, 2.45) is 0 Å². The average Bonchev–Trinajstić information content (AvgIpc) is 3.39. The van der Waals surface area contributed by atoms with Gasteiger partial charge in [0, 0.05) is 37.4 Å². The van der Waals surface area contributed by atoms with Crippen LogP contribution in [-0.4, -0.2) is 54.1 Å². The number of hydrogen-bond acceptors (Lipinski definition) is 6. The van der Waals surface area contributed by atoms with E-state index < -0.39 is 0 Å². The third-order valence-electron chi connectivity index (χ3n) is 5.56. The molecule has 4 rings (SSSR count). The standard InChI is InChI=1S/C26H27ClN4O3S2/c1-17(2)34-20-8-5-18(6-9-20)24(32)29-26(35)28-19-7-10-22(21(27)16-19)30-11-13-31(14-12-30)25(33)23-4-3-15-36-23/h3-10,15-17H,11-14H2,1-2H3,(H2,28,29,32,35). The molecule has 2 N–H and O–H groups in total. The molecule has 0 bridgehead atoms. The van der Waals surface area contributed by atoms with Crippen LogP contribution in [-0.2, 0) is 0 Å². The molecule has 10 heteroatoms. The van der Waals surface area contributed by atoms with Crippen molar-refractivity contribution in [1.82, 2.24) is 10.2 Å². The van der Waals surface area contributed by atoms with Gasteiger partial charge in [-0.2, -0.15) is 0 Å². The number of nitrogens with zero attached hydrogens (tertiary/aromatic N) is 2. The van der Waals surface area contributed by atoms with Gasteiger partial charge in [-0.1, -0.05) is 17.7 Å². The third kappa shape index (κ3) is 6.54. The Bertz CT molecular complexity index is 1220. The summed E-state index contributed by atoms with van der Waals surface area (Å²) in [5.74, 6) is 0.458. The first kappa shape index (κ1) is 25.9. The number of rotatable bonds is 6. The fourth-order valence-corrected chi connectivity index (χ4v) is 5.04. The smallest absolute Gasteiger partial charge is 0.264 e. The largest absolute Gasteiger partial charge is 0.491 e. The number of thiophene rings is 1. The molecule has 0 unspecified atom stereocenters. The number of anilines is 2. The number of ether oxygens (including phenoxy) is 1. The molecule has 0 aliphatic carbocycles. The second-order valence-electron chi connectivity index (χ2n) is 8.52. The summed E-state index contributed by atoms with van der Waals surface area (Å²) in [6.45, 7) is 6.54. The molecule has 1 aliphatic rings. The van der Waals surface area contributed by atoms with Gasteiger partial charge in [-0.15, -0.1) is 11.3 Å². The van der Waals surface area contributed by atoms with Crippen LogP contribution in [0.3, 0.4) is 0 Å². The molecule has 1 fully saturated rings. The second kappa shape index (κ2) is 11.7. The lowest BCUT2D eigenvalue weighted by Gasteiger charge is -2.36. The Morgan fingerprint density at radius 1 is 1.06 bits per heavy atom. The van der Waals surface area contributed by atoms with Crippen LogP contribution in [0.15, 0.2) is 60.0 Å². The number of nitrogens with one attached hydrogen (secondary N) is 2. The van der Waals surface area contributed by atoms with Crippen molar-refractivity contribution in [3.05, 3.63) is 75.4 Å². The van der Waals surface area contributed by atoms with Crippen LogP contribution in [0.1, 0.15) is 33.9 Å². The van der Waals surface area contributed by atoms with Crippen molar-refractivity contribution in [3.63, 3.8) is 0 Å². The molecule has 1 saturated heterocycles. The number of carbonyl (C=O) groups excluding carboxylic acids is 2. The molecule has 2 aromatic carbocycles. The Hall–Kier alpha value is -3.14. The van der Waals surface area contributed by atoms with E-state index in [4.69, 9.17) is 28.6 Å². The number of halogens is 1. The zero-order valence-electron chi connectivity index (χ0n) is 20.0. The van der Waals surface area contributed by atoms with Gasteiger partial charge in [0.05, 0.1) is 21.7 Å². The van der Waals surface area contributed by atoms with E-state index in [1.54, 1.807) is 30.3 Å². The first-order valence-corrected chi connectivity index (χ1v) is 13.2. The molecule has 36 heavy (non-hydrogen) atoms. The van der Waals surface area contributed by atoms with Crippen LogP contribution in [0.25, 0.3) is 0 Å². The SMILES string of the molecule is CC(C)Oc1ccc(C(=O)NC(=S)Nc2ccc(N3CCN(C(=O)c4cccs4)CC3)c(Cl)c2)cc1. The summed E-state index contributed by atoms with van der Waals surface area (Å²) in [6.07, 6.45) is 0.0601. The van der Waals surface area contributed by atoms with Crippen LogP contribution in [0.2, 0.25) is 5.02 Å². The van der Waals surface area contributed by atoms with Crippen molar-refractivity contribution >= 4 is 63.5 Å². The molecule has 188 valence electrons. The molecule has 0 atom stereocenters. The van der Waals surface area contributed by atoms with Gasteiger partial charge in [0.2, 0.25) is 0 Å². The summed E-state index contributed by atoms with van der Waals surface area (Å²) < 4.78 is 5.60. The molecule has 0 spiro atoms. The van der Waals surface area contributed by atoms with E-state index in [9.17, 15) is 9.59 Å². The summed E-state index contributed by atoms with van der Waals surface area (Å²) in [5, 5.41) is 8.34. The quantitative estimate of drug-likeness (QED) is 0.413. The van der Waals surface area contributed by atoms with Gasteiger partial charge in [-0.3, -0.25) is 14.9 Å².